The maximum Gasteiger partial charge on any atom is 0.312 e. The van der Waals surface area contributed by atoms with E-state index >= 15 is 0 Å². The van der Waals surface area contributed by atoms with Crippen molar-refractivity contribution in [3.8, 4) is 0 Å². The third-order valence-corrected chi connectivity index (χ3v) is 7.57. The van der Waals surface area contributed by atoms with Crippen LogP contribution in [-0.4, -0.2) is 98.0 Å². The number of rotatable bonds is 23. The molecule has 0 bridgehead atoms. The first-order chi connectivity index (χ1) is 23.8. The van der Waals surface area contributed by atoms with E-state index in [1.165, 1.54) is 13.8 Å². The fraction of sp³-hybridized carbons (Fsp3) is 0.531. The summed E-state index contributed by atoms with van der Waals surface area (Å²) in [4.78, 5) is 86.2. The van der Waals surface area contributed by atoms with Crippen molar-refractivity contribution < 1.29 is 56.0 Å². The number of anilines is 1. The molecule has 0 aliphatic carbocycles. The van der Waals surface area contributed by atoms with E-state index < -0.39 is 63.7 Å². The lowest BCUT2D eigenvalue weighted by molar-refractivity contribution is -0.148. The van der Waals surface area contributed by atoms with Crippen LogP contribution in [0, 0.1) is 5.92 Å². The lowest BCUT2D eigenvalue weighted by atomic mass is 10.1. The van der Waals surface area contributed by atoms with E-state index in [-0.39, 0.29) is 75.3 Å². The van der Waals surface area contributed by atoms with E-state index in [0.717, 1.165) is 0 Å². The SMILES string of the molecule is C=C(C)[C@H](NC(=O)[C@@H](CS(=O)(=O)O)NC(=O)CCOCCC(C)=O)C(=O)N[C@@H](CCCNC(N)=O)C(=O)Nc1ccc(COC(=O)C(C)C)cc1. The van der Waals surface area contributed by atoms with Crippen LogP contribution < -0.4 is 32.3 Å². The van der Waals surface area contributed by atoms with Crippen LogP contribution in [0.5, 0.6) is 0 Å². The summed E-state index contributed by atoms with van der Waals surface area (Å²) in [6.45, 7) is 9.84. The number of esters is 1. The van der Waals surface area contributed by atoms with Gasteiger partial charge in [0.2, 0.25) is 23.6 Å². The molecular formula is C32H48N6O12S. The molecule has 0 radical (unpaired) electrons. The van der Waals surface area contributed by atoms with E-state index in [0.29, 0.717) is 11.3 Å². The monoisotopic (exact) mass is 740 g/mol. The van der Waals surface area contributed by atoms with Crippen molar-refractivity contribution in [2.45, 2.75) is 78.1 Å². The fourth-order valence-corrected chi connectivity index (χ4v) is 4.73. The topological polar surface area (TPSA) is 278 Å². The number of Topliss-reactive ketones (excluding diaryl/α,β-unsaturated/α-hetero) is 1. The Morgan fingerprint density at radius 3 is 2.06 bits per heavy atom. The summed E-state index contributed by atoms with van der Waals surface area (Å²) in [7, 11) is -4.80. The zero-order valence-electron chi connectivity index (χ0n) is 29.1. The van der Waals surface area contributed by atoms with Gasteiger partial charge < -0.3 is 41.8 Å². The van der Waals surface area contributed by atoms with Gasteiger partial charge in [0.15, 0.2) is 0 Å². The van der Waals surface area contributed by atoms with Crippen molar-refractivity contribution in [3.05, 3.63) is 42.0 Å². The zero-order chi connectivity index (χ0) is 38.7. The van der Waals surface area contributed by atoms with E-state index in [9.17, 15) is 46.5 Å². The first kappa shape index (κ1) is 44.1. The summed E-state index contributed by atoms with van der Waals surface area (Å²) in [6, 6.07) is 0.985. The van der Waals surface area contributed by atoms with Crippen LogP contribution in [0.4, 0.5) is 10.5 Å². The average molecular weight is 741 g/mol. The Morgan fingerprint density at radius 1 is 0.882 bits per heavy atom. The average Bonchev–Trinajstić information content (AvgIpc) is 3.02. The number of benzene rings is 1. The molecule has 0 aromatic heterocycles. The maximum absolute atomic E-state index is 13.4. The number of primary amides is 1. The summed E-state index contributed by atoms with van der Waals surface area (Å²) in [5.41, 5.74) is 6.17. The summed E-state index contributed by atoms with van der Waals surface area (Å²) in [5, 5.41) is 12.0. The molecule has 51 heavy (non-hydrogen) atoms. The highest BCUT2D eigenvalue weighted by Gasteiger charge is 2.32. The first-order valence-electron chi connectivity index (χ1n) is 16.0. The standard InChI is InChI=1S/C32H48N6O12S/c1-19(2)27(38-29(42)25(18-51(46,47)48)36-26(40)13-16-49-15-12-21(5)39)30(43)37-24(7-6-14-34-32(33)45)28(41)35-23-10-8-22(9-11-23)17-50-31(44)20(3)4/h8-11,20,24-25,27H,1,6-7,12-18H2,2-5H3,(H,35,41)(H,36,40)(H,37,43)(H,38,42)(H3,33,34,45)(H,46,47,48)/t24-,25+,27-/m0/s1. The normalized spacial score (nSPS) is 12.8. The molecule has 0 heterocycles. The van der Waals surface area contributed by atoms with E-state index in [1.54, 1.807) is 38.1 Å². The molecule has 1 aromatic carbocycles. The minimum absolute atomic E-state index is 0.00608. The fourth-order valence-electron chi connectivity index (χ4n) is 4.07. The molecule has 0 fully saturated rings. The Balaban J connectivity index is 3.07. The highest BCUT2D eigenvalue weighted by atomic mass is 32.2. The number of carbonyl (C=O) groups excluding carboxylic acids is 7. The summed E-state index contributed by atoms with van der Waals surface area (Å²) >= 11 is 0. The van der Waals surface area contributed by atoms with Gasteiger partial charge in [-0.05, 0) is 50.0 Å². The van der Waals surface area contributed by atoms with Crippen LogP contribution in [0.3, 0.4) is 0 Å². The second kappa shape index (κ2) is 22.0. The third-order valence-electron chi connectivity index (χ3n) is 6.82. The molecule has 0 aliphatic rings. The van der Waals surface area contributed by atoms with Crippen LogP contribution in [-0.2, 0) is 55.0 Å². The molecular weight excluding hydrogens is 692 g/mol. The number of amides is 6. The van der Waals surface area contributed by atoms with Gasteiger partial charge in [-0.15, -0.1) is 0 Å². The van der Waals surface area contributed by atoms with E-state index in [2.05, 4.69) is 33.2 Å². The van der Waals surface area contributed by atoms with Gasteiger partial charge in [-0.25, -0.2) is 4.79 Å². The largest absolute Gasteiger partial charge is 0.461 e. The Bertz CT molecular complexity index is 1510. The van der Waals surface area contributed by atoms with Gasteiger partial charge in [0.25, 0.3) is 10.1 Å². The van der Waals surface area contributed by atoms with Gasteiger partial charge in [0.1, 0.15) is 36.3 Å². The number of hydrogen-bond donors (Lipinski definition) is 7. The lowest BCUT2D eigenvalue weighted by Crippen LogP contribution is -2.57. The molecule has 19 heteroatoms. The molecule has 0 aliphatic heterocycles. The van der Waals surface area contributed by atoms with Crippen LogP contribution in [0.1, 0.15) is 58.9 Å². The molecule has 1 rings (SSSR count). The van der Waals surface area contributed by atoms with Crippen molar-refractivity contribution in [3.63, 3.8) is 0 Å². The quantitative estimate of drug-likeness (QED) is 0.0340. The van der Waals surface area contributed by atoms with Gasteiger partial charge in [0.05, 0.1) is 19.1 Å². The lowest BCUT2D eigenvalue weighted by Gasteiger charge is -2.25. The number of ether oxygens (including phenoxy) is 2. The second-order valence-corrected chi connectivity index (χ2v) is 13.4. The maximum atomic E-state index is 13.4. The summed E-state index contributed by atoms with van der Waals surface area (Å²) < 4.78 is 43.1. The van der Waals surface area contributed by atoms with E-state index in [1.807, 2.05) is 0 Å². The summed E-state index contributed by atoms with van der Waals surface area (Å²) in [5.74, 6) is -5.59. The molecule has 0 saturated carbocycles. The predicted octanol–water partition coefficient (Wildman–Crippen LogP) is 0.0769. The second-order valence-electron chi connectivity index (χ2n) is 11.9. The Hall–Kier alpha value is -4.88. The Morgan fingerprint density at radius 2 is 1.51 bits per heavy atom. The third kappa shape index (κ3) is 19.2. The molecule has 0 spiro atoms. The Labute approximate surface area is 296 Å². The number of nitrogens with one attached hydrogen (secondary N) is 5. The van der Waals surface area contributed by atoms with Crippen LogP contribution in [0.25, 0.3) is 0 Å². The van der Waals surface area contributed by atoms with Crippen molar-refractivity contribution >= 4 is 57.2 Å². The van der Waals surface area contributed by atoms with Gasteiger partial charge in [0, 0.05) is 25.1 Å². The molecule has 1 aromatic rings. The van der Waals surface area contributed by atoms with Gasteiger partial charge >= 0.3 is 12.0 Å². The highest BCUT2D eigenvalue weighted by Crippen LogP contribution is 2.13. The van der Waals surface area contributed by atoms with Crippen molar-refractivity contribution in [1.29, 1.82) is 0 Å². The van der Waals surface area contributed by atoms with Crippen LogP contribution in [0.15, 0.2) is 36.4 Å². The highest BCUT2D eigenvalue weighted by molar-refractivity contribution is 7.85. The number of hydrogen-bond acceptors (Lipinski definition) is 11. The van der Waals surface area contributed by atoms with Gasteiger partial charge in [-0.3, -0.25) is 33.3 Å². The number of urea groups is 1. The molecule has 284 valence electrons. The van der Waals surface area contributed by atoms with Crippen molar-refractivity contribution in [2.24, 2.45) is 11.7 Å². The minimum atomic E-state index is -4.80. The number of carbonyl (C=O) groups is 7. The zero-order valence-corrected chi connectivity index (χ0v) is 29.9. The minimum Gasteiger partial charge on any atom is -0.461 e. The van der Waals surface area contributed by atoms with Crippen molar-refractivity contribution in [1.82, 2.24) is 21.3 Å². The molecule has 18 nitrogen and oxygen atoms in total. The predicted molar refractivity (Wildman–Crippen MR) is 184 cm³/mol. The van der Waals surface area contributed by atoms with Crippen LogP contribution >= 0.6 is 0 Å². The van der Waals surface area contributed by atoms with Gasteiger partial charge in [-0.1, -0.05) is 32.6 Å². The first-order valence-corrected chi connectivity index (χ1v) is 17.6. The number of nitrogens with two attached hydrogens (primary N) is 1. The molecule has 0 unspecified atom stereocenters. The summed E-state index contributed by atoms with van der Waals surface area (Å²) in [6.07, 6.45) is -0.00808. The Kier molecular flexibility index (Phi) is 19.1. The smallest absolute Gasteiger partial charge is 0.312 e. The van der Waals surface area contributed by atoms with Crippen LogP contribution in [0.2, 0.25) is 0 Å². The molecule has 8 N–H and O–H groups in total. The molecule has 6 amide bonds. The van der Waals surface area contributed by atoms with Crippen molar-refractivity contribution in [2.75, 3.05) is 30.8 Å². The number of ketones is 1. The molecule has 3 atom stereocenters. The van der Waals surface area contributed by atoms with E-state index in [4.69, 9.17) is 15.2 Å². The molecule has 0 saturated heterocycles. The van der Waals surface area contributed by atoms with Gasteiger partial charge in [-0.2, -0.15) is 8.42 Å².